The Morgan fingerprint density at radius 2 is 0.660 bits per heavy atom. The molecule has 3 heterocycles. The third kappa shape index (κ3) is 9.67. The number of para-hydroxylation sites is 2. The van der Waals surface area contributed by atoms with Crippen LogP contribution in [0.4, 0.5) is 0 Å². The van der Waals surface area contributed by atoms with Crippen molar-refractivity contribution in [1.29, 1.82) is 0 Å². The fourth-order valence-corrected chi connectivity index (χ4v) is 13.6. The molecule has 434 valence electrons. The van der Waals surface area contributed by atoms with E-state index in [2.05, 4.69) is 245 Å². The van der Waals surface area contributed by atoms with Gasteiger partial charge in [-0.15, -0.1) is 25.7 Å². The summed E-state index contributed by atoms with van der Waals surface area (Å²) in [6, 6.07) is 104. The van der Waals surface area contributed by atoms with E-state index in [1.807, 2.05) is 84.9 Å². The van der Waals surface area contributed by atoms with Crippen LogP contribution < -0.4 is 0 Å². The van der Waals surface area contributed by atoms with Gasteiger partial charge in [0.1, 0.15) is 0 Å². The minimum absolute atomic E-state index is 0.508. The highest BCUT2D eigenvalue weighted by atomic mass is 15.2. The van der Waals surface area contributed by atoms with Crippen molar-refractivity contribution in [3.63, 3.8) is 0 Å². The van der Waals surface area contributed by atoms with Crippen LogP contribution in [0.3, 0.4) is 0 Å². The fraction of sp³-hybridized carbons (Fsp3) is 0. The van der Waals surface area contributed by atoms with Gasteiger partial charge in [0.05, 0.1) is 22.1 Å². The Balaban J connectivity index is 1.01. The summed E-state index contributed by atoms with van der Waals surface area (Å²) in [4.78, 5) is 15.9. The van der Waals surface area contributed by atoms with Gasteiger partial charge < -0.3 is 4.57 Å². The van der Waals surface area contributed by atoms with Gasteiger partial charge in [0.25, 0.3) is 0 Å². The Labute approximate surface area is 545 Å². The van der Waals surface area contributed by atoms with Crippen LogP contribution in [-0.2, 0) is 0 Å². The van der Waals surface area contributed by atoms with Crippen LogP contribution in [0, 0.1) is 49.4 Å². The number of benzene rings is 13. The molecule has 16 aromatic rings. The molecule has 5 nitrogen and oxygen atoms in total. The molecule has 0 N–H and O–H groups in total. The summed E-state index contributed by atoms with van der Waals surface area (Å²) in [5.41, 5.74) is 22.8. The summed E-state index contributed by atoms with van der Waals surface area (Å²) in [6.45, 7) is 0. The molecule has 0 radical (unpaired) electrons. The molecule has 0 aliphatic rings. The standard InChI is InChI=1S/C89H53N5/c1-5-58-37-26-42-74(72(58)7-3)77-44-28-45-78(75-43-27-38-59(6-2)73(75)8-4)84(77)70-55-67(54-69(56-70)68-52-65(60-29-14-9-15-30-60)51-66(53-68)61-31-16-10-17-32-61)64-47-50-83-81(57-64)80-49-48-79-76-41-24-25-46-82(76)94(86(79)85(80)93(83)71-39-22-13-23-40-71)89-91-87(62-33-18-11-19-34-62)90-88(92-89)63-35-20-12-21-36-63/h1-4,9-57H. The van der Waals surface area contributed by atoms with Crippen LogP contribution in [0.15, 0.2) is 297 Å². The Bertz CT molecular complexity index is 5660. The van der Waals surface area contributed by atoms with Gasteiger partial charge >= 0.3 is 0 Å². The van der Waals surface area contributed by atoms with Crippen molar-refractivity contribution in [2.75, 3.05) is 0 Å². The zero-order chi connectivity index (χ0) is 63.2. The quantitative estimate of drug-likeness (QED) is 0.121. The van der Waals surface area contributed by atoms with Crippen molar-refractivity contribution in [3.8, 4) is 162 Å². The van der Waals surface area contributed by atoms with Crippen molar-refractivity contribution in [1.82, 2.24) is 24.1 Å². The number of aromatic nitrogens is 5. The van der Waals surface area contributed by atoms with Crippen LogP contribution >= 0.6 is 0 Å². The van der Waals surface area contributed by atoms with Gasteiger partial charge in [-0.05, 0) is 157 Å². The smallest absolute Gasteiger partial charge is 0.238 e. The van der Waals surface area contributed by atoms with E-state index < -0.39 is 0 Å². The van der Waals surface area contributed by atoms with E-state index in [1.165, 1.54) is 0 Å². The molecule has 0 fully saturated rings. The van der Waals surface area contributed by atoms with E-state index in [0.717, 1.165) is 138 Å². The molecule has 5 heteroatoms. The lowest BCUT2D eigenvalue weighted by molar-refractivity contribution is 0.953. The predicted octanol–water partition coefficient (Wildman–Crippen LogP) is 21.0. The number of fused-ring (bicyclic) bond motifs is 7. The van der Waals surface area contributed by atoms with Gasteiger partial charge in [0, 0.05) is 60.6 Å². The van der Waals surface area contributed by atoms with E-state index in [4.69, 9.17) is 40.6 Å². The first-order chi connectivity index (χ1) is 46.4. The van der Waals surface area contributed by atoms with Gasteiger partial charge in [-0.1, -0.05) is 242 Å². The van der Waals surface area contributed by atoms with Gasteiger partial charge in [-0.3, -0.25) is 4.57 Å². The minimum Gasteiger partial charge on any atom is -0.307 e. The molecule has 0 bridgehead atoms. The predicted molar refractivity (Wildman–Crippen MR) is 389 cm³/mol. The molecule has 13 aromatic carbocycles. The normalized spacial score (nSPS) is 11.1. The Morgan fingerprint density at radius 3 is 1.17 bits per heavy atom. The molecule has 0 spiro atoms. The van der Waals surface area contributed by atoms with Crippen molar-refractivity contribution in [2.45, 2.75) is 0 Å². The third-order valence-electron chi connectivity index (χ3n) is 17.9. The summed E-state index contributed by atoms with van der Waals surface area (Å²) in [5, 5.41) is 4.24. The first-order valence-electron chi connectivity index (χ1n) is 31.1. The summed E-state index contributed by atoms with van der Waals surface area (Å²) >= 11 is 0. The van der Waals surface area contributed by atoms with Crippen molar-refractivity contribution >= 4 is 43.6 Å². The number of terminal acetylenes is 4. The monoisotopic (exact) mass is 1190 g/mol. The lowest BCUT2D eigenvalue weighted by Gasteiger charge is -2.21. The maximum atomic E-state index is 6.47. The van der Waals surface area contributed by atoms with Gasteiger partial charge in [-0.2, -0.15) is 9.97 Å². The maximum absolute atomic E-state index is 6.47. The molecule has 0 aliphatic heterocycles. The largest absolute Gasteiger partial charge is 0.307 e. The molecule has 0 unspecified atom stereocenters. The minimum atomic E-state index is 0.508. The molecule has 0 aliphatic carbocycles. The van der Waals surface area contributed by atoms with Crippen LogP contribution in [-0.4, -0.2) is 24.1 Å². The lowest BCUT2D eigenvalue weighted by atomic mass is 9.82. The molecule has 0 saturated carbocycles. The average Bonchev–Trinajstić information content (AvgIpc) is 1.54. The lowest BCUT2D eigenvalue weighted by Crippen LogP contribution is -2.07. The first-order valence-corrected chi connectivity index (χ1v) is 31.1. The zero-order valence-corrected chi connectivity index (χ0v) is 50.8. The second-order valence-electron chi connectivity index (χ2n) is 23.2. The van der Waals surface area contributed by atoms with Crippen molar-refractivity contribution < 1.29 is 0 Å². The summed E-state index contributed by atoms with van der Waals surface area (Å²) in [6.07, 6.45) is 25.4. The van der Waals surface area contributed by atoms with E-state index in [9.17, 15) is 0 Å². The highest BCUT2D eigenvalue weighted by Crippen LogP contribution is 2.48. The van der Waals surface area contributed by atoms with Crippen LogP contribution in [0.5, 0.6) is 0 Å². The molecule has 0 saturated heterocycles. The molecule has 16 rings (SSSR count). The number of nitrogens with zero attached hydrogens (tertiary/aromatic N) is 5. The summed E-state index contributed by atoms with van der Waals surface area (Å²) < 4.78 is 4.63. The Morgan fingerprint density at radius 1 is 0.255 bits per heavy atom. The Hall–Kier alpha value is -13.3. The van der Waals surface area contributed by atoms with E-state index in [1.54, 1.807) is 0 Å². The average molecular weight is 1190 g/mol. The summed E-state index contributed by atoms with van der Waals surface area (Å²) in [5.74, 6) is 13.4. The van der Waals surface area contributed by atoms with E-state index in [-0.39, 0.29) is 0 Å². The molecule has 3 aromatic heterocycles. The molecule has 94 heavy (non-hydrogen) atoms. The highest BCUT2D eigenvalue weighted by Gasteiger charge is 2.26. The van der Waals surface area contributed by atoms with Gasteiger partial charge in [0.2, 0.25) is 5.95 Å². The van der Waals surface area contributed by atoms with Crippen molar-refractivity contribution in [3.05, 3.63) is 320 Å². The van der Waals surface area contributed by atoms with Crippen LogP contribution in [0.1, 0.15) is 22.3 Å². The topological polar surface area (TPSA) is 48.5 Å². The first kappa shape index (κ1) is 56.0. The highest BCUT2D eigenvalue weighted by molar-refractivity contribution is 6.24. The second kappa shape index (κ2) is 23.6. The molecule has 0 atom stereocenters. The zero-order valence-electron chi connectivity index (χ0n) is 50.8. The summed E-state index contributed by atoms with van der Waals surface area (Å²) in [7, 11) is 0. The number of hydrogen-bond acceptors (Lipinski definition) is 3. The number of rotatable bonds is 11. The second-order valence-corrected chi connectivity index (χ2v) is 23.2. The SMILES string of the molecule is C#Cc1cccc(-c2cccc(-c3cccc(C#C)c3C#C)c2-c2cc(-c3cc(-c4ccccc4)cc(-c4ccccc4)c3)cc(-c3ccc4c(c3)c3ccc5c6ccccc6n(-c6nc(-c7ccccc7)nc(-c7ccccc7)n6)c5c3n4-c3ccccc3)c2)c1C#C. The molecule has 0 amide bonds. The van der Waals surface area contributed by atoms with E-state index in [0.29, 0.717) is 39.9 Å². The van der Waals surface area contributed by atoms with Gasteiger partial charge in [0.15, 0.2) is 11.6 Å². The van der Waals surface area contributed by atoms with Gasteiger partial charge in [-0.25, -0.2) is 4.98 Å². The van der Waals surface area contributed by atoms with E-state index >= 15 is 0 Å². The molecular formula is C89H53N5. The number of hydrogen-bond donors (Lipinski definition) is 0. The third-order valence-corrected chi connectivity index (χ3v) is 17.9. The van der Waals surface area contributed by atoms with Crippen LogP contribution in [0.25, 0.3) is 156 Å². The van der Waals surface area contributed by atoms with Crippen LogP contribution in [0.2, 0.25) is 0 Å². The van der Waals surface area contributed by atoms with Crippen molar-refractivity contribution in [2.24, 2.45) is 0 Å². The fourth-order valence-electron chi connectivity index (χ4n) is 13.6. The molecular weight excluding hydrogens is 1140 g/mol. The maximum Gasteiger partial charge on any atom is 0.238 e. The Kier molecular flexibility index (Phi) is 14.0.